The van der Waals surface area contributed by atoms with Crippen LogP contribution in [-0.4, -0.2) is 29.4 Å². The number of carbonyl (C=O) groups excluding carboxylic acids is 1. The lowest BCUT2D eigenvalue weighted by molar-refractivity contribution is -0.135. The summed E-state index contributed by atoms with van der Waals surface area (Å²) in [5, 5.41) is 3.23. The van der Waals surface area contributed by atoms with Gasteiger partial charge in [0.05, 0.1) is 6.04 Å². The van der Waals surface area contributed by atoms with Crippen LogP contribution < -0.4 is 5.32 Å². The largest absolute Gasteiger partial charge is 0.334 e. The Bertz CT molecular complexity index is 545. The zero-order valence-corrected chi connectivity index (χ0v) is 12.1. The molecule has 21 heavy (non-hydrogen) atoms. The fourth-order valence-electron chi connectivity index (χ4n) is 2.95. The van der Waals surface area contributed by atoms with Crippen LogP contribution in [0.15, 0.2) is 18.2 Å². The predicted octanol–water partition coefficient (Wildman–Crippen LogP) is 2.45. The van der Waals surface area contributed by atoms with Gasteiger partial charge in [0.2, 0.25) is 5.91 Å². The van der Waals surface area contributed by atoms with E-state index in [1.54, 1.807) is 4.90 Å². The van der Waals surface area contributed by atoms with Crippen molar-refractivity contribution in [2.45, 2.75) is 44.8 Å². The molecule has 2 aliphatic rings. The van der Waals surface area contributed by atoms with Crippen LogP contribution in [-0.2, 0) is 11.3 Å². The van der Waals surface area contributed by atoms with Crippen molar-refractivity contribution in [3.8, 4) is 0 Å². The highest BCUT2D eigenvalue weighted by atomic mass is 19.1. The summed E-state index contributed by atoms with van der Waals surface area (Å²) in [7, 11) is 0. The standard InChI is InChI=1S/C16H20F2N2O/c1-10-6-7-19-15(10)16(21)20(13-4-5-13)9-11-2-3-12(17)8-14(11)18/h2-3,8,10,13,15,19H,4-7,9H2,1H3. The van der Waals surface area contributed by atoms with Crippen molar-refractivity contribution in [3.63, 3.8) is 0 Å². The molecule has 1 heterocycles. The topological polar surface area (TPSA) is 32.3 Å². The second-order valence-corrected chi connectivity index (χ2v) is 6.13. The third-order valence-electron chi connectivity index (χ3n) is 4.43. The highest BCUT2D eigenvalue weighted by Crippen LogP contribution is 2.31. The van der Waals surface area contributed by atoms with Crippen molar-refractivity contribution in [1.29, 1.82) is 0 Å². The van der Waals surface area contributed by atoms with Crippen molar-refractivity contribution < 1.29 is 13.6 Å². The lowest BCUT2D eigenvalue weighted by Crippen LogP contribution is -2.46. The number of hydrogen-bond acceptors (Lipinski definition) is 2. The molecular formula is C16H20F2N2O. The Balaban J connectivity index is 1.77. The van der Waals surface area contributed by atoms with Gasteiger partial charge in [-0.25, -0.2) is 8.78 Å². The molecule has 1 amide bonds. The Morgan fingerprint density at radius 2 is 2.10 bits per heavy atom. The van der Waals surface area contributed by atoms with Crippen molar-refractivity contribution >= 4 is 5.91 Å². The van der Waals surface area contributed by atoms with E-state index in [0.29, 0.717) is 11.5 Å². The van der Waals surface area contributed by atoms with E-state index in [0.717, 1.165) is 31.9 Å². The molecular weight excluding hydrogens is 274 g/mol. The van der Waals surface area contributed by atoms with Crippen molar-refractivity contribution in [1.82, 2.24) is 10.2 Å². The average Bonchev–Trinajstić information content (AvgIpc) is 3.19. The van der Waals surface area contributed by atoms with Crippen LogP contribution in [0.2, 0.25) is 0 Å². The summed E-state index contributed by atoms with van der Waals surface area (Å²) in [5.41, 5.74) is 0.377. The van der Waals surface area contributed by atoms with E-state index in [1.165, 1.54) is 12.1 Å². The van der Waals surface area contributed by atoms with E-state index < -0.39 is 11.6 Å². The maximum absolute atomic E-state index is 13.8. The van der Waals surface area contributed by atoms with Gasteiger partial charge in [0, 0.05) is 24.2 Å². The summed E-state index contributed by atoms with van der Waals surface area (Å²) in [6.07, 6.45) is 2.92. The first-order chi connectivity index (χ1) is 10.1. The molecule has 1 saturated heterocycles. The zero-order valence-electron chi connectivity index (χ0n) is 12.1. The number of hydrogen-bond donors (Lipinski definition) is 1. The summed E-state index contributed by atoms with van der Waals surface area (Å²) in [6.45, 7) is 3.13. The second kappa shape index (κ2) is 5.72. The first-order valence-corrected chi connectivity index (χ1v) is 7.54. The minimum absolute atomic E-state index is 0.0474. The van der Waals surface area contributed by atoms with Gasteiger partial charge in [-0.05, 0) is 37.8 Å². The van der Waals surface area contributed by atoms with Crippen LogP contribution in [0, 0.1) is 17.6 Å². The summed E-state index contributed by atoms with van der Waals surface area (Å²) in [6, 6.07) is 3.58. The van der Waals surface area contributed by atoms with Crippen LogP contribution in [0.3, 0.4) is 0 Å². The number of nitrogens with one attached hydrogen (secondary N) is 1. The van der Waals surface area contributed by atoms with E-state index in [9.17, 15) is 13.6 Å². The highest BCUT2D eigenvalue weighted by Gasteiger charge is 2.39. The highest BCUT2D eigenvalue weighted by molar-refractivity contribution is 5.83. The number of halogens is 2. The Morgan fingerprint density at radius 1 is 1.33 bits per heavy atom. The number of benzene rings is 1. The van der Waals surface area contributed by atoms with Gasteiger partial charge in [-0.3, -0.25) is 4.79 Å². The molecule has 0 spiro atoms. The SMILES string of the molecule is CC1CCNC1C(=O)N(Cc1ccc(F)cc1F)C1CC1. The average molecular weight is 294 g/mol. The van der Waals surface area contributed by atoms with Crippen LogP contribution in [0.5, 0.6) is 0 Å². The lowest BCUT2D eigenvalue weighted by atomic mass is 10.0. The molecule has 0 aromatic heterocycles. The Kier molecular flexibility index (Phi) is 3.93. The lowest BCUT2D eigenvalue weighted by Gasteiger charge is -2.27. The molecule has 1 aliphatic heterocycles. The fraction of sp³-hybridized carbons (Fsp3) is 0.562. The molecule has 2 unspecified atom stereocenters. The van der Waals surface area contributed by atoms with Gasteiger partial charge in [0.1, 0.15) is 11.6 Å². The minimum Gasteiger partial charge on any atom is -0.334 e. The summed E-state index contributed by atoms with van der Waals surface area (Å²) < 4.78 is 26.8. The molecule has 114 valence electrons. The first kappa shape index (κ1) is 14.4. The minimum atomic E-state index is -0.591. The molecule has 0 radical (unpaired) electrons. The predicted molar refractivity (Wildman–Crippen MR) is 75.5 cm³/mol. The van der Waals surface area contributed by atoms with Crippen LogP contribution >= 0.6 is 0 Å². The van der Waals surface area contributed by atoms with E-state index in [2.05, 4.69) is 12.2 Å². The van der Waals surface area contributed by atoms with Crippen LogP contribution in [0.4, 0.5) is 8.78 Å². The van der Waals surface area contributed by atoms with E-state index in [1.807, 2.05) is 0 Å². The first-order valence-electron chi connectivity index (χ1n) is 7.54. The van der Waals surface area contributed by atoms with Gasteiger partial charge >= 0.3 is 0 Å². The van der Waals surface area contributed by atoms with E-state index in [4.69, 9.17) is 0 Å². The quantitative estimate of drug-likeness (QED) is 0.925. The molecule has 1 aliphatic carbocycles. The third-order valence-corrected chi connectivity index (χ3v) is 4.43. The number of carbonyl (C=O) groups is 1. The van der Waals surface area contributed by atoms with Gasteiger partial charge in [0.25, 0.3) is 0 Å². The normalized spacial score (nSPS) is 25.1. The number of rotatable bonds is 4. The third kappa shape index (κ3) is 3.07. The van der Waals surface area contributed by atoms with Crippen molar-refractivity contribution in [2.24, 2.45) is 5.92 Å². The van der Waals surface area contributed by atoms with Crippen LogP contribution in [0.1, 0.15) is 31.7 Å². The number of nitrogens with zero attached hydrogens (tertiary/aromatic N) is 1. The van der Waals surface area contributed by atoms with E-state index >= 15 is 0 Å². The Labute approximate surface area is 123 Å². The van der Waals surface area contributed by atoms with Gasteiger partial charge in [-0.1, -0.05) is 13.0 Å². The maximum atomic E-state index is 13.8. The maximum Gasteiger partial charge on any atom is 0.240 e. The summed E-state index contributed by atoms with van der Waals surface area (Å²) in [4.78, 5) is 14.4. The molecule has 1 aromatic rings. The molecule has 3 rings (SSSR count). The molecule has 1 saturated carbocycles. The van der Waals surface area contributed by atoms with Gasteiger partial charge in [-0.2, -0.15) is 0 Å². The Hall–Kier alpha value is -1.49. The second-order valence-electron chi connectivity index (χ2n) is 6.13. The van der Waals surface area contributed by atoms with Crippen molar-refractivity contribution in [3.05, 3.63) is 35.4 Å². The summed E-state index contributed by atoms with van der Waals surface area (Å²) in [5.74, 6) is -0.824. The smallest absolute Gasteiger partial charge is 0.240 e. The number of amides is 1. The molecule has 1 aromatic carbocycles. The molecule has 2 atom stereocenters. The van der Waals surface area contributed by atoms with Crippen molar-refractivity contribution in [2.75, 3.05) is 6.54 Å². The van der Waals surface area contributed by atoms with Crippen LogP contribution in [0.25, 0.3) is 0 Å². The monoisotopic (exact) mass is 294 g/mol. The molecule has 0 bridgehead atoms. The van der Waals surface area contributed by atoms with E-state index in [-0.39, 0.29) is 24.5 Å². The molecule has 2 fully saturated rings. The van der Waals surface area contributed by atoms with Gasteiger partial charge in [-0.15, -0.1) is 0 Å². The summed E-state index contributed by atoms with van der Waals surface area (Å²) >= 11 is 0. The molecule has 5 heteroatoms. The molecule has 1 N–H and O–H groups in total. The molecule has 3 nitrogen and oxygen atoms in total. The Morgan fingerprint density at radius 3 is 2.67 bits per heavy atom. The fourth-order valence-corrected chi connectivity index (χ4v) is 2.95. The van der Waals surface area contributed by atoms with Gasteiger partial charge in [0.15, 0.2) is 0 Å². The van der Waals surface area contributed by atoms with Gasteiger partial charge < -0.3 is 10.2 Å². The zero-order chi connectivity index (χ0) is 15.0.